The molecule has 1 N–H and O–H groups in total. The first-order chi connectivity index (χ1) is 14.1. The standard InChI is InChI=1S/C23H22N2O4S/c1-24(2)16-7-11-19-21(13-16)29-22-14-17(25(3)4)8-12-20(22)23(19)15-5-9-18(10-6-15)30(26,27)28/h5-14H,1-4H3/p+1. The monoisotopic (exact) mass is 423 g/mol. The molecule has 2 aliphatic rings. The minimum Gasteiger partial charge on any atom is -0.456 e. The third kappa shape index (κ3) is 3.58. The average molecular weight is 424 g/mol. The molecule has 2 aromatic carbocycles. The summed E-state index contributed by atoms with van der Waals surface area (Å²) in [6, 6.07) is 18.3. The largest absolute Gasteiger partial charge is 0.456 e. The summed E-state index contributed by atoms with van der Waals surface area (Å²) in [6.07, 6.45) is 0. The van der Waals surface area contributed by atoms with Gasteiger partial charge in [0.15, 0.2) is 0 Å². The van der Waals surface area contributed by atoms with Gasteiger partial charge in [-0.05, 0) is 35.9 Å². The Labute approximate surface area is 175 Å². The van der Waals surface area contributed by atoms with Crippen molar-refractivity contribution in [2.45, 2.75) is 4.90 Å². The highest BCUT2D eigenvalue weighted by molar-refractivity contribution is 7.85. The van der Waals surface area contributed by atoms with E-state index in [9.17, 15) is 13.0 Å². The lowest BCUT2D eigenvalue weighted by atomic mass is 9.93. The van der Waals surface area contributed by atoms with Gasteiger partial charge in [-0.15, -0.1) is 0 Å². The summed E-state index contributed by atoms with van der Waals surface area (Å²) in [5, 5.41) is 1.94. The average Bonchev–Trinajstić information content (AvgIpc) is 2.70. The predicted octanol–water partition coefficient (Wildman–Crippen LogP) is 3.55. The number of anilines is 1. The number of hydrogen-bond donors (Lipinski definition) is 1. The van der Waals surface area contributed by atoms with Gasteiger partial charge in [-0.2, -0.15) is 8.42 Å². The smallest absolute Gasteiger partial charge is 0.294 e. The maximum absolute atomic E-state index is 11.4. The van der Waals surface area contributed by atoms with Crippen molar-refractivity contribution in [3.8, 4) is 22.5 Å². The van der Waals surface area contributed by atoms with Gasteiger partial charge < -0.3 is 9.32 Å². The Kier molecular flexibility index (Phi) is 4.88. The van der Waals surface area contributed by atoms with Gasteiger partial charge in [-0.3, -0.25) is 4.55 Å². The Balaban J connectivity index is 2.08. The summed E-state index contributed by atoms with van der Waals surface area (Å²) in [5.74, 6) is 0.735. The van der Waals surface area contributed by atoms with E-state index >= 15 is 0 Å². The molecule has 0 amide bonds. The molecule has 154 valence electrons. The van der Waals surface area contributed by atoms with Crippen molar-refractivity contribution in [3.05, 3.63) is 66.0 Å². The van der Waals surface area contributed by atoms with E-state index in [1.165, 1.54) is 12.1 Å². The maximum atomic E-state index is 11.4. The summed E-state index contributed by atoms with van der Waals surface area (Å²) < 4.78 is 40.5. The second-order valence-corrected chi connectivity index (χ2v) is 9.05. The molecule has 0 saturated heterocycles. The normalized spacial score (nSPS) is 11.8. The molecular weight excluding hydrogens is 400 g/mol. The van der Waals surface area contributed by atoms with Crippen LogP contribution in [0.3, 0.4) is 0 Å². The highest BCUT2D eigenvalue weighted by Gasteiger charge is 2.19. The first kappa shape index (κ1) is 20.1. The van der Waals surface area contributed by atoms with Crippen molar-refractivity contribution in [1.82, 2.24) is 4.58 Å². The third-order valence-corrected chi connectivity index (χ3v) is 6.03. The molecule has 1 aliphatic heterocycles. The van der Waals surface area contributed by atoms with Crippen LogP contribution in [-0.4, -0.2) is 41.2 Å². The molecule has 0 radical (unpaired) electrons. The van der Waals surface area contributed by atoms with Crippen LogP contribution in [-0.2, 0) is 10.1 Å². The fourth-order valence-corrected chi connectivity index (χ4v) is 4.01. The highest BCUT2D eigenvalue weighted by Crippen LogP contribution is 2.40. The lowest BCUT2D eigenvalue weighted by Gasteiger charge is -2.18. The number of fused-ring (bicyclic) bond motifs is 2. The quantitative estimate of drug-likeness (QED) is 0.310. The van der Waals surface area contributed by atoms with E-state index in [0.717, 1.165) is 44.5 Å². The number of benzene rings is 3. The van der Waals surface area contributed by atoms with Crippen molar-refractivity contribution >= 4 is 26.8 Å². The molecule has 0 spiro atoms. The van der Waals surface area contributed by atoms with Gasteiger partial charge in [-0.25, -0.2) is 4.58 Å². The SMILES string of the molecule is CN(C)c1ccc2c(-c3ccc(S(=O)(=O)O)cc3)c3ccc(=[N+](C)C)cc-3oc2c1. The van der Waals surface area contributed by atoms with Gasteiger partial charge in [0, 0.05) is 48.4 Å². The lowest BCUT2D eigenvalue weighted by molar-refractivity contribution is 0.483. The summed E-state index contributed by atoms with van der Waals surface area (Å²) in [4.78, 5) is 1.88. The molecule has 0 aromatic heterocycles. The summed E-state index contributed by atoms with van der Waals surface area (Å²) in [6.45, 7) is 0. The molecule has 0 saturated carbocycles. The fraction of sp³-hybridized carbons (Fsp3) is 0.174. The van der Waals surface area contributed by atoms with Gasteiger partial charge >= 0.3 is 0 Å². The second kappa shape index (κ2) is 7.27. The minimum atomic E-state index is -4.25. The molecular formula is C23H23N2O4S+. The Morgan fingerprint density at radius 2 is 1.63 bits per heavy atom. The van der Waals surface area contributed by atoms with E-state index in [2.05, 4.69) is 0 Å². The van der Waals surface area contributed by atoms with Crippen LogP contribution in [0.15, 0.2) is 70.0 Å². The van der Waals surface area contributed by atoms with Crippen LogP contribution in [0.4, 0.5) is 5.69 Å². The molecule has 7 heteroatoms. The van der Waals surface area contributed by atoms with E-state index in [0.29, 0.717) is 0 Å². The molecule has 6 nitrogen and oxygen atoms in total. The van der Waals surface area contributed by atoms with Gasteiger partial charge in [-0.1, -0.05) is 12.1 Å². The van der Waals surface area contributed by atoms with Crippen molar-refractivity contribution in [2.24, 2.45) is 0 Å². The van der Waals surface area contributed by atoms with Crippen molar-refractivity contribution in [2.75, 3.05) is 33.1 Å². The van der Waals surface area contributed by atoms with Crippen LogP contribution in [0.2, 0.25) is 0 Å². The number of hydrogen-bond acceptors (Lipinski definition) is 4. The zero-order chi connectivity index (χ0) is 21.6. The Morgan fingerprint density at radius 3 is 2.23 bits per heavy atom. The fourth-order valence-electron chi connectivity index (χ4n) is 3.53. The van der Waals surface area contributed by atoms with Gasteiger partial charge in [0.25, 0.3) is 10.1 Å². The van der Waals surface area contributed by atoms with E-state index < -0.39 is 10.1 Å². The van der Waals surface area contributed by atoms with Crippen LogP contribution >= 0.6 is 0 Å². The van der Waals surface area contributed by atoms with Crippen LogP contribution in [0, 0.1) is 0 Å². The zero-order valence-electron chi connectivity index (χ0n) is 17.2. The Morgan fingerprint density at radius 1 is 0.933 bits per heavy atom. The summed E-state index contributed by atoms with van der Waals surface area (Å²) in [5.41, 5.74) is 4.46. The van der Waals surface area contributed by atoms with Crippen molar-refractivity contribution in [1.29, 1.82) is 0 Å². The summed E-state index contributed by atoms with van der Waals surface area (Å²) in [7, 11) is 3.65. The van der Waals surface area contributed by atoms with Crippen LogP contribution in [0.1, 0.15) is 0 Å². The minimum absolute atomic E-state index is 0.134. The van der Waals surface area contributed by atoms with E-state index in [-0.39, 0.29) is 4.90 Å². The van der Waals surface area contributed by atoms with Gasteiger partial charge in [0.1, 0.15) is 25.4 Å². The van der Waals surface area contributed by atoms with Crippen LogP contribution in [0.5, 0.6) is 0 Å². The van der Waals surface area contributed by atoms with Crippen molar-refractivity contribution in [3.63, 3.8) is 0 Å². The molecule has 1 heterocycles. The maximum Gasteiger partial charge on any atom is 0.294 e. The Bertz CT molecular complexity index is 1400. The zero-order valence-corrected chi connectivity index (χ0v) is 18.1. The molecule has 2 aromatic rings. The molecule has 0 bridgehead atoms. The van der Waals surface area contributed by atoms with Crippen LogP contribution < -0.4 is 14.8 Å². The van der Waals surface area contributed by atoms with Crippen LogP contribution in [0.25, 0.3) is 33.4 Å². The van der Waals surface area contributed by atoms with Crippen molar-refractivity contribution < 1.29 is 17.4 Å². The highest BCUT2D eigenvalue weighted by atomic mass is 32.2. The molecule has 0 atom stereocenters. The molecule has 0 unspecified atom stereocenters. The molecule has 1 aliphatic carbocycles. The predicted molar refractivity (Wildman–Crippen MR) is 120 cm³/mol. The van der Waals surface area contributed by atoms with E-state index in [1.807, 2.05) is 74.1 Å². The van der Waals surface area contributed by atoms with E-state index in [4.69, 9.17) is 4.42 Å². The lowest BCUT2D eigenvalue weighted by Crippen LogP contribution is -2.21. The molecule has 30 heavy (non-hydrogen) atoms. The number of nitrogens with zero attached hydrogens (tertiary/aromatic N) is 2. The first-order valence-corrected chi connectivity index (χ1v) is 10.9. The van der Waals surface area contributed by atoms with E-state index in [1.54, 1.807) is 12.1 Å². The topological polar surface area (TPSA) is 73.8 Å². The second-order valence-electron chi connectivity index (χ2n) is 7.63. The Hall–Kier alpha value is -3.16. The third-order valence-electron chi connectivity index (χ3n) is 5.16. The molecule has 4 rings (SSSR count). The van der Waals surface area contributed by atoms with Gasteiger partial charge in [0.05, 0.1) is 11.0 Å². The summed E-state index contributed by atoms with van der Waals surface area (Å²) >= 11 is 0. The number of rotatable bonds is 3. The molecule has 0 fully saturated rings. The van der Waals surface area contributed by atoms with Gasteiger partial charge in [0.2, 0.25) is 5.36 Å². The first-order valence-electron chi connectivity index (χ1n) is 9.41.